The third-order valence-corrected chi connectivity index (χ3v) is 3.53. The van der Waals surface area contributed by atoms with Crippen molar-refractivity contribution in [2.24, 2.45) is 0 Å². The van der Waals surface area contributed by atoms with Gasteiger partial charge in [0.05, 0.1) is 0 Å². The second-order valence-electron chi connectivity index (χ2n) is 5.17. The number of aryl methyl sites for hydroxylation is 1. The van der Waals surface area contributed by atoms with Gasteiger partial charge < -0.3 is 19.2 Å². The standard InChI is InChI=1S/C17H13NO4/c1-10-2-3-11-7-16(22-14(11)6-10)17(19)18-12-4-5-13-15(8-12)21-9-20-13/h2-8H,9H2,1H3,(H,18,19). The Morgan fingerprint density at radius 1 is 1.05 bits per heavy atom. The number of fused-ring (bicyclic) bond motifs is 2. The van der Waals surface area contributed by atoms with Gasteiger partial charge in [0.25, 0.3) is 5.91 Å². The van der Waals surface area contributed by atoms with E-state index in [0.29, 0.717) is 22.8 Å². The van der Waals surface area contributed by atoms with Crippen molar-refractivity contribution in [2.45, 2.75) is 6.92 Å². The molecule has 2 heterocycles. The van der Waals surface area contributed by atoms with E-state index in [1.54, 1.807) is 24.3 Å². The van der Waals surface area contributed by atoms with E-state index in [1.165, 1.54) is 0 Å². The number of nitrogens with one attached hydrogen (secondary N) is 1. The van der Waals surface area contributed by atoms with Crippen LogP contribution in [0.1, 0.15) is 16.1 Å². The van der Waals surface area contributed by atoms with Crippen LogP contribution in [0.5, 0.6) is 11.5 Å². The van der Waals surface area contributed by atoms with Crippen LogP contribution < -0.4 is 14.8 Å². The maximum atomic E-state index is 12.3. The fourth-order valence-electron chi connectivity index (χ4n) is 2.42. The van der Waals surface area contributed by atoms with E-state index in [-0.39, 0.29) is 18.5 Å². The molecule has 0 radical (unpaired) electrons. The quantitative estimate of drug-likeness (QED) is 0.782. The predicted molar refractivity (Wildman–Crippen MR) is 81.5 cm³/mol. The fourth-order valence-corrected chi connectivity index (χ4v) is 2.42. The van der Waals surface area contributed by atoms with Gasteiger partial charge in [0.2, 0.25) is 6.79 Å². The van der Waals surface area contributed by atoms with E-state index in [0.717, 1.165) is 10.9 Å². The normalized spacial score (nSPS) is 12.6. The zero-order valence-corrected chi connectivity index (χ0v) is 11.9. The number of anilines is 1. The molecule has 0 bridgehead atoms. The van der Waals surface area contributed by atoms with Crippen LogP contribution in [0.4, 0.5) is 5.69 Å². The van der Waals surface area contributed by atoms with Gasteiger partial charge in [0.15, 0.2) is 17.3 Å². The Morgan fingerprint density at radius 3 is 2.82 bits per heavy atom. The second kappa shape index (κ2) is 4.80. The molecule has 1 aromatic heterocycles. The van der Waals surface area contributed by atoms with Crippen molar-refractivity contribution in [2.75, 3.05) is 12.1 Å². The molecule has 5 heteroatoms. The summed E-state index contributed by atoms with van der Waals surface area (Å²) in [5, 5.41) is 3.70. The summed E-state index contributed by atoms with van der Waals surface area (Å²) in [6.07, 6.45) is 0. The molecule has 1 aliphatic rings. The van der Waals surface area contributed by atoms with Gasteiger partial charge in [0.1, 0.15) is 5.58 Å². The number of carbonyl (C=O) groups excluding carboxylic acids is 1. The first-order chi connectivity index (χ1) is 10.7. The summed E-state index contributed by atoms with van der Waals surface area (Å²) in [4.78, 5) is 12.3. The summed E-state index contributed by atoms with van der Waals surface area (Å²) in [5.41, 5.74) is 2.42. The minimum absolute atomic E-state index is 0.204. The molecule has 0 saturated heterocycles. The molecule has 5 nitrogen and oxygen atoms in total. The molecule has 1 N–H and O–H groups in total. The minimum Gasteiger partial charge on any atom is -0.454 e. The van der Waals surface area contributed by atoms with Crippen LogP contribution in [-0.2, 0) is 0 Å². The van der Waals surface area contributed by atoms with E-state index in [4.69, 9.17) is 13.9 Å². The van der Waals surface area contributed by atoms with Gasteiger partial charge in [-0.3, -0.25) is 4.79 Å². The van der Waals surface area contributed by atoms with E-state index in [1.807, 2.05) is 25.1 Å². The summed E-state index contributed by atoms with van der Waals surface area (Å²) < 4.78 is 16.1. The predicted octanol–water partition coefficient (Wildman–Crippen LogP) is 3.72. The van der Waals surface area contributed by atoms with Gasteiger partial charge >= 0.3 is 0 Å². The Labute approximate surface area is 126 Å². The molecule has 0 atom stereocenters. The molecular weight excluding hydrogens is 282 g/mol. The molecule has 0 aliphatic carbocycles. The molecule has 4 rings (SSSR count). The van der Waals surface area contributed by atoms with Crippen LogP contribution in [0, 0.1) is 6.92 Å². The molecular formula is C17H13NO4. The number of hydrogen-bond donors (Lipinski definition) is 1. The summed E-state index contributed by atoms with van der Waals surface area (Å²) in [6, 6.07) is 12.8. The summed E-state index contributed by atoms with van der Waals surface area (Å²) >= 11 is 0. The van der Waals surface area contributed by atoms with Gasteiger partial charge in [-0.05, 0) is 36.8 Å². The molecule has 0 saturated carbocycles. The number of furan rings is 1. The molecule has 110 valence electrons. The lowest BCUT2D eigenvalue weighted by Gasteiger charge is -2.04. The largest absolute Gasteiger partial charge is 0.454 e. The van der Waals surface area contributed by atoms with Crippen LogP contribution >= 0.6 is 0 Å². The zero-order chi connectivity index (χ0) is 15.1. The first-order valence-corrected chi connectivity index (χ1v) is 6.90. The molecule has 3 aromatic rings. The number of carbonyl (C=O) groups is 1. The van der Waals surface area contributed by atoms with Gasteiger partial charge in [-0.25, -0.2) is 0 Å². The highest BCUT2D eigenvalue weighted by Crippen LogP contribution is 2.34. The lowest BCUT2D eigenvalue weighted by molar-refractivity contribution is 0.0998. The maximum absolute atomic E-state index is 12.3. The van der Waals surface area contributed by atoms with Crippen molar-refractivity contribution in [1.29, 1.82) is 0 Å². The van der Waals surface area contributed by atoms with Crippen LogP contribution in [0.2, 0.25) is 0 Å². The maximum Gasteiger partial charge on any atom is 0.291 e. The Hall–Kier alpha value is -2.95. The third kappa shape index (κ3) is 2.16. The van der Waals surface area contributed by atoms with Crippen molar-refractivity contribution >= 4 is 22.6 Å². The molecule has 0 spiro atoms. The summed E-state index contributed by atoms with van der Waals surface area (Å²) in [5.74, 6) is 1.28. The Morgan fingerprint density at radius 2 is 1.91 bits per heavy atom. The Balaban J connectivity index is 1.60. The number of rotatable bonds is 2. The lowest BCUT2D eigenvalue weighted by Crippen LogP contribution is -2.10. The summed E-state index contributed by atoms with van der Waals surface area (Å²) in [6.45, 7) is 2.18. The van der Waals surface area contributed by atoms with Crippen molar-refractivity contribution < 1.29 is 18.7 Å². The molecule has 2 aromatic carbocycles. The van der Waals surface area contributed by atoms with Crippen LogP contribution in [0.15, 0.2) is 46.9 Å². The lowest BCUT2D eigenvalue weighted by atomic mass is 10.2. The molecule has 22 heavy (non-hydrogen) atoms. The van der Waals surface area contributed by atoms with Crippen LogP contribution in [0.25, 0.3) is 11.0 Å². The van der Waals surface area contributed by atoms with Crippen molar-refractivity contribution in [3.8, 4) is 11.5 Å². The first kappa shape index (κ1) is 12.8. The van der Waals surface area contributed by atoms with Gasteiger partial charge in [-0.2, -0.15) is 0 Å². The monoisotopic (exact) mass is 295 g/mol. The highest BCUT2D eigenvalue weighted by atomic mass is 16.7. The highest BCUT2D eigenvalue weighted by molar-refractivity contribution is 6.04. The van der Waals surface area contributed by atoms with Gasteiger partial charge in [-0.15, -0.1) is 0 Å². The number of amides is 1. The van der Waals surface area contributed by atoms with Crippen LogP contribution in [0.3, 0.4) is 0 Å². The fraction of sp³-hybridized carbons (Fsp3) is 0.118. The highest BCUT2D eigenvalue weighted by Gasteiger charge is 2.16. The molecule has 1 aliphatic heterocycles. The van der Waals surface area contributed by atoms with Gasteiger partial charge in [-0.1, -0.05) is 12.1 Å². The van der Waals surface area contributed by atoms with E-state index in [9.17, 15) is 4.79 Å². The smallest absolute Gasteiger partial charge is 0.291 e. The average Bonchev–Trinajstić information content (AvgIpc) is 3.12. The number of hydrogen-bond acceptors (Lipinski definition) is 4. The third-order valence-electron chi connectivity index (χ3n) is 3.53. The van der Waals surface area contributed by atoms with Crippen molar-refractivity contribution in [1.82, 2.24) is 0 Å². The summed E-state index contributed by atoms with van der Waals surface area (Å²) in [7, 11) is 0. The van der Waals surface area contributed by atoms with E-state index < -0.39 is 0 Å². The first-order valence-electron chi connectivity index (χ1n) is 6.90. The zero-order valence-electron chi connectivity index (χ0n) is 11.9. The Bertz CT molecular complexity index is 881. The van der Waals surface area contributed by atoms with E-state index in [2.05, 4.69) is 5.32 Å². The van der Waals surface area contributed by atoms with Crippen molar-refractivity contribution in [3.63, 3.8) is 0 Å². The number of benzene rings is 2. The van der Waals surface area contributed by atoms with Gasteiger partial charge in [0, 0.05) is 17.1 Å². The average molecular weight is 295 g/mol. The van der Waals surface area contributed by atoms with Crippen LogP contribution in [-0.4, -0.2) is 12.7 Å². The molecule has 0 fully saturated rings. The molecule has 0 unspecified atom stereocenters. The number of ether oxygens (including phenoxy) is 2. The van der Waals surface area contributed by atoms with Crippen molar-refractivity contribution in [3.05, 3.63) is 53.8 Å². The molecule has 1 amide bonds. The van der Waals surface area contributed by atoms with E-state index >= 15 is 0 Å². The topological polar surface area (TPSA) is 60.7 Å². The second-order valence-corrected chi connectivity index (χ2v) is 5.17. The minimum atomic E-state index is -0.298. The Kier molecular flexibility index (Phi) is 2.79. The SMILES string of the molecule is Cc1ccc2cc(C(=O)Nc3ccc4c(c3)OCO4)oc2c1.